The van der Waals surface area contributed by atoms with Crippen LogP contribution in [0.2, 0.25) is 5.02 Å². The Balaban J connectivity index is 1.72. The molecule has 21 heavy (non-hydrogen) atoms. The molecule has 2 aliphatic heterocycles. The van der Waals surface area contributed by atoms with Crippen molar-refractivity contribution in [2.75, 3.05) is 26.3 Å². The summed E-state index contributed by atoms with van der Waals surface area (Å²) >= 11 is 5.93. The van der Waals surface area contributed by atoms with Crippen molar-refractivity contribution in [1.29, 1.82) is 0 Å². The number of rotatable bonds is 2. The number of amides is 1. The van der Waals surface area contributed by atoms with Crippen molar-refractivity contribution in [2.24, 2.45) is 5.92 Å². The highest BCUT2D eigenvalue weighted by Crippen LogP contribution is 2.34. The van der Waals surface area contributed by atoms with Gasteiger partial charge in [0.25, 0.3) is 5.91 Å². The molecule has 1 aromatic heterocycles. The monoisotopic (exact) mass is 310 g/mol. The molecule has 3 rings (SSSR count). The maximum Gasteiger partial charge on any atom is 0.272 e. The van der Waals surface area contributed by atoms with E-state index in [1.54, 1.807) is 18.3 Å². The summed E-state index contributed by atoms with van der Waals surface area (Å²) in [5.41, 5.74) is 0.390. The minimum atomic E-state index is -0.569. The summed E-state index contributed by atoms with van der Waals surface area (Å²) in [5, 5.41) is 0.524. The van der Waals surface area contributed by atoms with Crippen molar-refractivity contribution >= 4 is 17.5 Å². The zero-order valence-electron chi connectivity index (χ0n) is 12.0. The smallest absolute Gasteiger partial charge is 0.272 e. The van der Waals surface area contributed by atoms with Gasteiger partial charge in [0.15, 0.2) is 5.79 Å². The van der Waals surface area contributed by atoms with Gasteiger partial charge in [-0.1, -0.05) is 11.6 Å². The Morgan fingerprint density at radius 2 is 2.24 bits per heavy atom. The Hall–Kier alpha value is -1.17. The number of nitrogens with zero attached hydrogens (tertiary/aromatic N) is 2. The molecule has 114 valence electrons. The summed E-state index contributed by atoms with van der Waals surface area (Å²) in [6.07, 6.45) is 3.50. The van der Waals surface area contributed by atoms with E-state index in [4.69, 9.17) is 21.1 Å². The summed E-state index contributed by atoms with van der Waals surface area (Å²) in [6.45, 7) is 4.58. The predicted octanol–water partition coefficient (Wildman–Crippen LogP) is 2.35. The van der Waals surface area contributed by atoms with Crippen LogP contribution in [-0.2, 0) is 9.47 Å². The lowest BCUT2D eigenvalue weighted by molar-refractivity contribution is -0.189. The minimum absolute atomic E-state index is 0.0798. The highest BCUT2D eigenvalue weighted by Gasteiger charge is 2.42. The molecule has 1 aromatic rings. The number of carbonyl (C=O) groups excluding carboxylic acids is 1. The van der Waals surface area contributed by atoms with Crippen LogP contribution in [0.3, 0.4) is 0 Å². The van der Waals surface area contributed by atoms with E-state index in [1.165, 1.54) is 0 Å². The Morgan fingerprint density at radius 1 is 1.48 bits per heavy atom. The molecule has 6 heteroatoms. The van der Waals surface area contributed by atoms with Gasteiger partial charge in [0, 0.05) is 30.2 Å². The number of pyridine rings is 1. The second-order valence-electron chi connectivity index (χ2n) is 5.66. The van der Waals surface area contributed by atoms with Gasteiger partial charge >= 0.3 is 0 Å². The molecule has 0 saturated carbocycles. The molecule has 0 radical (unpaired) electrons. The number of hydrogen-bond donors (Lipinski definition) is 0. The molecule has 1 atom stereocenters. The fourth-order valence-corrected chi connectivity index (χ4v) is 3.20. The fraction of sp³-hybridized carbons (Fsp3) is 0.600. The van der Waals surface area contributed by atoms with Crippen molar-refractivity contribution in [3.05, 3.63) is 29.0 Å². The van der Waals surface area contributed by atoms with Gasteiger partial charge in [-0.3, -0.25) is 9.78 Å². The zero-order valence-corrected chi connectivity index (χ0v) is 12.8. The van der Waals surface area contributed by atoms with Gasteiger partial charge in [0.1, 0.15) is 5.69 Å². The van der Waals surface area contributed by atoms with Gasteiger partial charge in [-0.25, -0.2) is 0 Å². The van der Waals surface area contributed by atoms with Gasteiger partial charge in [-0.15, -0.1) is 0 Å². The van der Waals surface area contributed by atoms with Crippen LogP contribution in [-0.4, -0.2) is 47.9 Å². The average molecular weight is 311 g/mol. The molecular formula is C15H19ClN2O3. The average Bonchev–Trinajstić information content (AvgIpc) is 2.95. The first-order chi connectivity index (χ1) is 10.1. The number of carbonyl (C=O) groups is 1. The summed E-state index contributed by atoms with van der Waals surface area (Å²) < 4.78 is 11.5. The van der Waals surface area contributed by atoms with E-state index in [9.17, 15) is 4.79 Å². The molecular weight excluding hydrogens is 292 g/mol. The zero-order chi connectivity index (χ0) is 14.9. The first-order valence-corrected chi connectivity index (χ1v) is 7.65. The molecule has 3 heterocycles. The van der Waals surface area contributed by atoms with Crippen LogP contribution in [0.25, 0.3) is 0 Å². The summed E-state index contributed by atoms with van der Waals surface area (Å²) in [7, 11) is 0. The third-order valence-electron chi connectivity index (χ3n) is 4.25. The summed E-state index contributed by atoms with van der Waals surface area (Å²) in [4.78, 5) is 18.5. The molecule has 2 aliphatic rings. The SMILES string of the molecule is CC1(C2CCCN(C(=O)c3cc(Cl)ccn3)C2)OCCO1. The maximum atomic E-state index is 12.5. The van der Waals surface area contributed by atoms with Crippen LogP contribution in [0, 0.1) is 5.92 Å². The van der Waals surface area contributed by atoms with E-state index in [0.717, 1.165) is 19.4 Å². The number of hydrogen-bond acceptors (Lipinski definition) is 4. The van der Waals surface area contributed by atoms with Crippen LogP contribution < -0.4 is 0 Å². The fourth-order valence-electron chi connectivity index (χ4n) is 3.04. The lowest BCUT2D eigenvalue weighted by Gasteiger charge is -2.39. The third-order valence-corrected chi connectivity index (χ3v) is 4.49. The Kier molecular flexibility index (Phi) is 4.15. The van der Waals surface area contributed by atoms with E-state index in [0.29, 0.717) is 30.5 Å². The van der Waals surface area contributed by atoms with Gasteiger partial charge in [-0.2, -0.15) is 0 Å². The number of halogens is 1. The van der Waals surface area contributed by atoms with Crippen molar-refractivity contribution in [3.63, 3.8) is 0 Å². The van der Waals surface area contributed by atoms with E-state index in [2.05, 4.69) is 4.98 Å². The highest BCUT2D eigenvalue weighted by molar-refractivity contribution is 6.30. The van der Waals surface area contributed by atoms with Crippen LogP contribution in [0.4, 0.5) is 0 Å². The number of ether oxygens (including phenoxy) is 2. The minimum Gasteiger partial charge on any atom is -0.347 e. The Bertz CT molecular complexity index is 531. The van der Waals surface area contributed by atoms with Crippen molar-refractivity contribution in [1.82, 2.24) is 9.88 Å². The van der Waals surface area contributed by atoms with Crippen LogP contribution in [0.15, 0.2) is 18.3 Å². The van der Waals surface area contributed by atoms with Gasteiger partial charge in [0.05, 0.1) is 13.2 Å². The highest BCUT2D eigenvalue weighted by atomic mass is 35.5. The second kappa shape index (κ2) is 5.91. The molecule has 0 aliphatic carbocycles. The Morgan fingerprint density at radius 3 is 2.95 bits per heavy atom. The lowest BCUT2D eigenvalue weighted by Crippen LogP contribution is -2.48. The van der Waals surface area contributed by atoms with Gasteiger partial charge in [-0.05, 0) is 31.9 Å². The predicted molar refractivity (Wildman–Crippen MR) is 78.2 cm³/mol. The largest absolute Gasteiger partial charge is 0.347 e. The quantitative estimate of drug-likeness (QED) is 0.841. The molecule has 5 nitrogen and oxygen atoms in total. The summed E-state index contributed by atoms with van der Waals surface area (Å²) in [6, 6.07) is 3.27. The van der Waals surface area contributed by atoms with Crippen LogP contribution >= 0.6 is 11.6 Å². The lowest BCUT2D eigenvalue weighted by atomic mass is 9.90. The van der Waals surface area contributed by atoms with Gasteiger partial charge < -0.3 is 14.4 Å². The molecule has 2 fully saturated rings. The Labute approximate surface area is 129 Å². The third kappa shape index (κ3) is 3.05. The van der Waals surface area contributed by atoms with Crippen LogP contribution in [0.1, 0.15) is 30.3 Å². The maximum absolute atomic E-state index is 12.5. The van der Waals surface area contributed by atoms with E-state index >= 15 is 0 Å². The van der Waals surface area contributed by atoms with Crippen LogP contribution in [0.5, 0.6) is 0 Å². The molecule has 2 saturated heterocycles. The first kappa shape index (κ1) is 14.8. The number of likely N-dealkylation sites (tertiary alicyclic amines) is 1. The van der Waals surface area contributed by atoms with E-state index in [-0.39, 0.29) is 11.8 Å². The number of piperidine rings is 1. The van der Waals surface area contributed by atoms with Crippen molar-refractivity contribution in [2.45, 2.75) is 25.6 Å². The van der Waals surface area contributed by atoms with Crippen molar-refractivity contribution in [3.8, 4) is 0 Å². The molecule has 0 N–H and O–H groups in total. The number of aromatic nitrogens is 1. The topological polar surface area (TPSA) is 51.7 Å². The summed E-state index contributed by atoms with van der Waals surface area (Å²) in [5.74, 6) is -0.457. The standard InChI is InChI=1S/C15H19ClN2O3/c1-15(20-7-8-21-15)11-3-2-6-18(10-11)14(19)13-9-12(16)4-5-17-13/h4-5,9,11H,2-3,6-8,10H2,1H3. The molecule has 1 amide bonds. The van der Waals surface area contributed by atoms with E-state index in [1.807, 2.05) is 11.8 Å². The normalized spacial score (nSPS) is 25.0. The van der Waals surface area contributed by atoms with Crippen molar-refractivity contribution < 1.29 is 14.3 Å². The second-order valence-corrected chi connectivity index (χ2v) is 6.10. The molecule has 0 aromatic carbocycles. The molecule has 0 bridgehead atoms. The molecule has 0 spiro atoms. The molecule has 1 unspecified atom stereocenters. The first-order valence-electron chi connectivity index (χ1n) is 7.27. The van der Waals surface area contributed by atoms with Gasteiger partial charge in [0.2, 0.25) is 0 Å². The van der Waals surface area contributed by atoms with E-state index < -0.39 is 5.79 Å².